The van der Waals surface area contributed by atoms with Crippen LogP contribution >= 0.6 is 0 Å². The minimum atomic E-state index is -3.42. The van der Waals surface area contributed by atoms with Gasteiger partial charge in [0.2, 0.25) is 15.9 Å². The lowest BCUT2D eigenvalue weighted by atomic mass is 10.1. The van der Waals surface area contributed by atoms with E-state index in [1.165, 1.54) is 10.6 Å². The lowest BCUT2D eigenvalue weighted by Crippen LogP contribution is -2.39. The zero-order valence-electron chi connectivity index (χ0n) is 14.0. The molecule has 1 amide bonds. The number of ether oxygens (including phenoxy) is 1. The lowest BCUT2D eigenvalue weighted by Gasteiger charge is -2.30. The molecule has 7 heteroatoms. The SMILES string of the molecule is CS(=O)(=O)N(CC1CCCCO1)c1cccc(N2CCCC2=O)c1. The molecule has 0 aliphatic carbocycles. The molecule has 6 nitrogen and oxygen atoms in total. The molecule has 3 rings (SSSR count). The second-order valence-corrected chi connectivity index (χ2v) is 8.36. The molecular weight excluding hydrogens is 328 g/mol. The van der Waals surface area contributed by atoms with E-state index in [1.807, 2.05) is 6.07 Å². The number of carbonyl (C=O) groups is 1. The van der Waals surface area contributed by atoms with Crippen LogP contribution in [-0.2, 0) is 19.6 Å². The van der Waals surface area contributed by atoms with Crippen LogP contribution < -0.4 is 9.21 Å². The Hall–Kier alpha value is -1.60. The molecule has 2 fully saturated rings. The average Bonchev–Trinajstić information content (AvgIpc) is 2.99. The molecule has 0 aromatic heterocycles. The third-order valence-electron chi connectivity index (χ3n) is 4.55. The van der Waals surface area contributed by atoms with Crippen LogP contribution in [-0.4, -0.2) is 46.4 Å². The highest BCUT2D eigenvalue weighted by Gasteiger charge is 2.26. The van der Waals surface area contributed by atoms with Crippen molar-refractivity contribution < 1.29 is 17.9 Å². The minimum absolute atomic E-state index is 0.0782. The van der Waals surface area contributed by atoms with Crippen molar-refractivity contribution in [1.82, 2.24) is 0 Å². The van der Waals surface area contributed by atoms with Gasteiger partial charge in [-0.25, -0.2) is 8.42 Å². The zero-order valence-corrected chi connectivity index (χ0v) is 14.8. The summed E-state index contributed by atoms with van der Waals surface area (Å²) in [5.74, 6) is 0.0914. The Bertz CT molecular complexity index is 698. The molecule has 1 aromatic rings. The maximum atomic E-state index is 12.3. The Labute approximate surface area is 143 Å². The van der Waals surface area contributed by atoms with Gasteiger partial charge in [-0.1, -0.05) is 6.07 Å². The molecule has 2 aliphatic rings. The van der Waals surface area contributed by atoms with Crippen LogP contribution in [0.15, 0.2) is 24.3 Å². The van der Waals surface area contributed by atoms with Gasteiger partial charge < -0.3 is 9.64 Å². The first-order valence-electron chi connectivity index (χ1n) is 8.45. The molecule has 1 aromatic carbocycles. The van der Waals surface area contributed by atoms with E-state index in [1.54, 1.807) is 23.1 Å². The van der Waals surface area contributed by atoms with Crippen molar-refractivity contribution in [2.75, 3.05) is 35.2 Å². The van der Waals surface area contributed by atoms with Crippen molar-refractivity contribution in [2.45, 2.75) is 38.2 Å². The maximum Gasteiger partial charge on any atom is 0.232 e. The first kappa shape index (κ1) is 17.2. The van der Waals surface area contributed by atoms with E-state index in [4.69, 9.17) is 4.74 Å². The maximum absolute atomic E-state index is 12.3. The summed E-state index contributed by atoms with van der Waals surface area (Å²) in [6, 6.07) is 7.21. The molecule has 1 atom stereocenters. The molecule has 0 radical (unpaired) electrons. The van der Waals surface area contributed by atoms with Gasteiger partial charge in [-0.05, 0) is 43.9 Å². The topological polar surface area (TPSA) is 66.9 Å². The summed E-state index contributed by atoms with van der Waals surface area (Å²) in [4.78, 5) is 13.7. The number of benzene rings is 1. The van der Waals surface area contributed by atoms with Gasteiger partial charge in [-0.15, -0.1) is 0 Å². The van der Waals surface area contributed by atoms with Crippen LogP contribution in [0.3, 0.4) is 0 Å². The number of hydrogen-bond donors (Lipinski definition) is 0. The first-order valence-corrected chi connectivity index (χ1v) is 10.3. The summed E-state index contributed by atoms with van der Waals surface area (Å²) < 4.78 is 31.7. The highest BCUT2D eigenvalue weighted by molar-refractivity contribution is 7.92. The number of carbonyl (C=O) groups excluding carboxylic acids is 1. The summed E-state index contributed by atoms with van der Waals surface area (Å²) in [6.07, 6.45) is 5.49. The van der Waals surface area contributed by atoms with E-state index in [2.05, 4.69) is 0 Å². The number of amides is 1. The average molecular weight is 352 g/mol. The van der Waals surface area contributed by atoms with Crippen LogP contribution in [0.5, 0.6) is 0 Å². The van der Waals surface area contributed by atoms with Crippen molar-refractivity contribution in [1.29, 1.82) is 0 Å². The summed E-state index contributed by atoms with van der Waals surface area (Å²) in [5.41, 5.74) is 1.34. The lowest BCUT2D eigenvalue weighted by molar-refractivity contribution is -0.117. The Morgan fingerprint density at radius 2 is 2.12 bits per heavy atom. The number of sulfonamides is 1. The normalized spacial score (nSPS) is 22.0. The van der Waals surface area contributed by atoms with Crippen molar-refractivity contribution >= 4 is 27.3 Å². The van der Waals surface area contributed by atoms with Gasteiger partial charge in [0.15, 0.2) is 0 Å². The predicted molar refractivity (Wildman–Crippen MR) is 93.8 cm³/mol. The van der Waals surface area contributed by atoms with Gasteiger partial charge in [0.05, 0.1) is 24.6 Å². The van der Waals surface area contributed by atoms with Crippen molar-refractivity contribution in [3.63, 3.8) is 0 Å². The smallest absolute Gasteiger partial charge is 0.232 e. The molecular formula is C17H24N2O4S. The molecule has 0 saturated carbocycles. The van der Waals surface area contributed by atoms with E-state index < -0.39 is 10.0 Å². The highest BCUT2D eigenvalue weighted by atomic mass is 32.2. The van der Waals surface area contributed by atoms with Gasteiger partial charge in [0.1, 0.15) is 0 Å². The van der Waals surface area contributed by atoms with Gasteiger partial charge >= 0.3 is 0 Å². The number of rotatable bonds is 5. The van der Waals surface area contributed by atoms with E-state index in [0.717, 1.165) is 31.4 Å². The first-order chi connectivity index (χ1) is 11.4. The Balaban J connectivity index is 1.85. The fourth-order valence-corrected chi connectivity index (χ4v) is 4.24. The third-order valence-corrected chi connectivity index (χ3v) is 5.71. The summed E-state index contributed by atoms with van der Waals surface area (Å²) in [6.45, 7) is 1.69. The van der Waals surface area contributed by atoms with E-state index >= 15 is 0 Å². The standard InChI is InChI=1S/C17H24N2O4S/c1-24(21,22)19(13-16-8-2-3-11-23-16)15-7-4-6-14(12-15)18-10-5-9-17(18)20/h4,6-7,12,16H,2-3,5,8-11,13H2,1H3. The molecule has 132 valence electrons. The minimum Gasteiger partial charge on any atom is -0.376 e. The quantitative estimate of drug-likeness (QED) is 0.814. The summed E-state index contributed by atoms with van der Waals surface area (Å²) in [5, 5.41) is 0. The molecule has 0 bridgehead atoms. The van der Waals surface area contributed by atoms with Crippen LogP contribution in [0.1, 0.15) is 32.1 Å². The van der Waals surface area contributed by atoms with E-state index in [0.29, 0.717) is 31.8 Å². The van der Waals surface area contributed by atoms with Gasteiger partial charge in [-0.2, -0.15) is 0 Å². The van der Waals surface area contributed by atoms with Gasteiger partial charge in [-0.3, -0.25) is 9.10 Å². The predicted octanol–water partition coefficient (Wildman–Crippen LogP) is 2.15. The van der Waals surface area contributed by atoms with Gasteiger partial charge in [0.25, 0.3) is 0 Å². The molecule has 0 N–H and O–H groups in total. The molecule has 0 spiro atoms. The monoisotopic (exact) mass is 352 g/mol. The second-order valence-electron chi connectivity index (χ2n) is 6.45. The van der Waals surface area contributed by atoms with Crippen molar-refractivity contribution in [2.24, 2.45) is 0 Å². The molecule has 24 heavy (non-hydrogen) atoms. The fraction of sp³-hybridized carbons (Fsp3) is 0.588. The molecule has 1 unspecified atom stereocenters. The van der Waals surface area contributed by atoms with Crippen molar-refractivity contribution in [3.8, 4) is 0 Å². The van der Waals surface area contributed by atoms with E-state index in [9.17, 15) is 13.2 Å². The number of nitrogens with zero attached hydrogens (tertiary/aromatic N) is 2. The molecule has 2 heterocycles. The second kappa shape index (κ2) is 7.11. The largest absolute Gasteiger partial charge is 0.376 e. The van der Waals surface area contributed by atoms with Crippen LogP contribution in [0, 0.1) is 0 Å². The summed E-state index contributed by atoms with van der Waals surface area (Å²) >= 11 is 0. The van der Waals surface area contributed by atoms with Crippen molar-refractivity contribution in [3.05, 3.63) is 24.3 Å². The Morgan fingerprint density at radius 3 is 2.75 bits per heavy atom. The molecule has 2 aliphatic heterocycles. The van der Waals surface area contributed by atoms with Gasteiger partial charge in [0, 0.05) is 25.3 Å². The fourth-order valence-electron chi connectivity index (χ4n) is 3.31. The van der Waals surface area contributed by atoms with Crippen LogP contribution in [0.25, 0.3) is 0 Å². The Morgan fingerprint density at radius 1 is 1.29 bits per heavy atom. The third kappa shape index (κ3) is 3.89. The highest BCUT2D eigenvalue weighted by Crippen LogP contribution is 2.28. The van der Waals surface area contributed by atoms with Crippen LogP contribution in [0.2, 0.25) is 0 Å². The summed E-state index contributed by atoms with van der Waals surface area (Å²) in [7, 11) is -3.42. The number of anilines is 2. The zero-order chi connectivity index (χ0) is 17.2. The Kier molecular flexibility index (Phi) is 5.10. The molecule has 2 saturated heterocycles. The number of hydrogen-bond acceptors (Lipinski definition) is 4. The van der Waals surface area contributed by atoms with E-state index in [-0.39, 0.29) is 12.0 Å². The van der Waals surface area contributed by atoms with Crippen LogP contribution in [0.4, 0.5) is 11.4 Å².